The van der Waals surface area contributed by atoms with Crippen molar-refractivity contribution in [2.24, 2.45) is 0 Å². The smallest absolute Gasteiger partial charge is 0.262 e. The molecule has 6 nitrogen and oxygen atoms in total. The highest BCUT2D eigenvalue weighted by Gasteiger charge is 2.11. The molecule has 0 aliphatic carbocycles. The van der Waals surface area contributed by atoms with Gasteiger partial charge in [0.05, 0.1) is 13.7 Å². The van der Waals surface area contributed by atoms with Gasteiger partial charge in [-0.25, -0.2) is 0 Å². The standard InChI is InChI=1S/C27H25BrN2O4/c1-3-33-26-15-21(8-13-25(26)34-18-20-4-9-23(28)10-5-20)14-22(16-29)27(31)30-17-19-6-11-24(32-2)12-7-19/h4-15H,3,17-18H2,1-2H3,(H,30,31)/b22-14+. The number of methoxy groups -OCH3 is 1. The fraction of sp³-hybridized carbons (Fsp3) is 0.185. The first-order valence-corrected chi connectivity index (χ1v) is 11.5. The molecular formula is C27H25BrN2O4. The van der Waals surface area contributed by atoms with Crippen LogP contribution >= 0.6 is 15.9 Å². The number of amides is 1. The average molecular weight is 521 g/mol. The number of nitrogens with zero attached hydrogens (tertiary/aromatic N) is 1. The van der Waals surface area contributed by atoms with Crippen molar-refractivity contribution >= 4 is 27.9 Å². The van der Waals surface area contributed by atoms with Crippen LogP contribution in [0.5, 0.6) is 17.2 Å². The Labute approximate surface area is 207 Å². The van der Waals surface area contributed by atoms with Crippen LogP contribution in [0.1, 0.15) is 23.6 Å². The van der Waals surface area contributed by atoms with Gasteiger partial charge in [-0.05, 0) is 66.1 Å². The Morgan fingerprint density at radius 2 is 1.71 bits per heavy atom. The molecule has 0 aliphatic rings. The summed E-state index contributed by atoms with van der Waals surface area (Å²) >= 11 is 3.42. The normalized spacial score (nSPS) is 10.8. The first-order chi connectivity index (χ1) is 16.5. The molecule has 34 heavy (non-hydrogen) atoms. The molecule has 3 aromatic rings. The van der Waals surface area contributed by atoms with Crippen molar-refractivity contribution in [1.29, 1.82) is 5.26 Å². The van der Waals surface area contributed by atoms with Crippen molar-refractivity contribution in [3.8, 4) is 23.3 Å². The highest BCUT2D eigenvalue weighted by molar-refractivity contribution is 9.10. The lowest BCUT2D eigenvalue weighted by Crippen LogP contribution is -2.23. The zero-order valence-corrected chi connectivity index (χ0v) is 20.6. The van der Waals surface area contributed by atoms with Crippen LogP contribution in [0.25, 0.3) is 6.08 Å². The summed E-state index contributed by atoms with van der Waals surface area (Å²) in [6.07, 6.45) is 1.53. The minimum Gasteiger partial charge on any atom is -0.497 e. The van der Waals surface area contributed by atoms with Crippen molar-refractivity contribution in [3.05, 3.63) is 93.5 Å². The maximum atomic E-state index is 12.6. The number of ether oxygens (including phenoxy) is 3. The van der Waals surface area contributed by atoms with Gasteiger partial charge in [-0.2, -0.15) is 5.26 Å². The molecule has 0 saturated heterocycles. The number of nitriles is 1. The van der Waals surface area contributed by atoms with Crippen LogP contribution in [0.3, 0.4) is 0 Å². The van der Waals surface area contributed by atoms with E-state index >= 15 is 0 Å². The first kappa shape index (κ1) is 24.9. The molecule has 174 valence electrons. The first-order valence-electron chi connectivity index (χ1n) is 10.7. The van der Waals surface area contributed by atoms with Crippen molar-refractivity contribution in [1.82, 2.24) is 5.32 Å². The van der Waals surface area contributed by atoms with E-state index in [9.17, 15) is 10.1 Å². The molecule has 0 radical (unpaired) electrons. The Balaban J connectivity index is 1.69. The lowest BCUT2D eigenvalue weighted by molar-refractivity contribution is -0.117. The molecule has 0 bridgehead atoms. The molecule has 0 heterocycles. The summed E-state index contributed by atoms with van der Waals surface area (Å²) in [6.45, 7) is 3.03. The van der Waals surface area contributed by atoms with Crippen LogP contribution < -0.4 is 19.5 Å². The van der Waals surface area contributed by atoms with Crippen LogP contribution in [0.15, 0.2) is 76.8 Å². The van der Waals surface area contributed by atoms with Gasteiger partial charge < -0.3 is 19.5 Å². The second-order valence-corrected chi connectivity index (χ2v) is 8.17. The van der Waals surface area contributed by atoms with E-state index in [1.54, 1.807) is 25.3 Å². The van der Waals surface area contributed by atoms with Gasteiger partial charge in [0.1, 0.15) is 24.0 Å². The monoisotopic (exact) mass is 520 g/mol. The predicted molar refractivity (Wildman–Crippen MR) is 135 cm³/mol. The molecule has 0 spiro atoms. The predicted octanol–water partition coefficient (Wildman–Crippen LogP) is 5.66. The Hall–Kier alpha value is -3.76. The summed E-state index contributed by atoms with van der Waals surface area (Å²) in [5.41, 5.74) is 2.59. The molecule has 1 N–H and O–H groups in total. The van der Waals surface area contributed by atoms with Gasteiger partial charge in [0.2, 0.25) is 0 Å². The van der Waals surface area contributed by atoms with Crippen LogP contribution in [-0.4, -0.2) is 19.6 Å². The second-order valence-electron chi connectivity index (χ2n) is 7.25. The van der Waals surface area contributed by atoms with E-state index in [0.29, 0.717) is 36.8 Å². The molecule has 3 aromatic carbocycles. The van der Waals surface area contributed by atoms with Gasteiger partial charge in [0.15, 0.2) is 11.5 Å². The zero-order valence-electron chi connectivity index (χ0n) is 19.0. The minimum atomic E-state index is -0.452. The zero-order chi connectivity index (χ0) is 24.3. The van der Waals surface area contributed by atoms with Gasteiger partial charge in [-0.15, -0.1) is 0 Å². The third kappa shape index (κ3) is 7.12. The lowest BCUT2D eigenvalue weighted by Gasteiger charge is -2.13. The van der Waals surface area contributed by atoms with Crippen LogP contribution in [0, 0.1) is 11.3 Å². The van der Waals surface area contributed by atoms with Crippen LogP contribution in [-0.2, 0) is 17.9 Å². The van der Waals surface area contributed by atoms with Gasteiger partial charge >= 0.3 is 0 Å². The second kappa shape index (κ2) is 12.5. The van der Waals surface area contributed by atoms with Gasteiger partial charge in [0.25, 0.3) is 5.91 Å². The SMILES string of the molecule is CCOc1cc(/C=C(\C#N)C(=O)NCc2ccc(OC)cc2)ccc1OCc1ccc(Br)cc1. The summed E-state index contributed by atoms with van der Waals surface area (Å²) in [4.78, 5) is 12.6. The number of hydrogen-bond acceptors (Lipinski definition) is 5. The average Bonchev–Trinajstić information content (AvgIpc) is 2.86. The Kier molecular flexibility index (Phi) is 9.12. The molecule has 0 unspecified atom stereocenters. The number of halogens is 1. The van der Waals surface area contributed by atoms with E-state index < -0.39 is 5.91 Å². The molecule has 0 aliphatic heterocycles. The lowest BCUT2D eigenvalue weighted by atomic mass is 10.1. The molecule has 0 fully saturated rings. The number of hydrogen-bond donors (Lipinski definition) is 1. The Morgan fingerprint density at radius 3 is 2.35 bits per heavy atom. The van der Waals surface area contributed by atoms with E-state index in [1.807, 2.05) is 61.5 Å². The number of nitrogens with one attached hydrogen (secondary N) is 1. The number of carbonyl (C=O) groups is 1. The Morgan fingerprint density at radius 1 is 1.00 bits per heavy atom. The quantitative estimate of drug-likeness (QED) is 0.275. The maximum Gasteiger partial charge on any atom is 0.262 e. The maximum absolute atomic E-state index is 12.6. The molecule has 0 aromatic heterocycles. The van der Waals surface area contributed by atoms with Crippen LogP contribution in [0.4, 0.5) is 0 Å². The molecule has 7 heteroatoms. The number of benzene rings is 3. The largest absolute Gasteiger partial charge is 0.497 e. The van der Waals surface area contributed by atoms with Crippen molar-refractivity contribution < 1.29 is 19.0 Å². The topological polar surface area (TPSA) is 80.6 Å². The fourth-order valence-corrected chi connectivity index (χ4v) is 3.34. The highest BCUT2D eigenvalue weighted by Crippen LogP contribution is 2.30. The third-order valence-corrected chi connectivity index (χ3v) is 5.39. The third-order valence-electron chi connectivity index (χ3n) is 4.86. The van der Waals surface area contributed by atoms with E-state index in [1.165, 1.54) is 6.08 Å². The van der Waals surface area contributed by atoms with E-state index in [2.05, 4.69) is 21.2 Å². The van der Waals surface area contributed by atoms with Gasteiger partial charge in [0, 0.05) is 11.0 Å². The molecular weight excluding hydrogens is 496 g/mol. The van der Waals surface area contributed by atoms with Gasteiger partial charge in [-0.3, -0.25) is 4.79 Å². The molecule has 3 rings (SSSR count). The van der Waals surface area contributed by atoms with Crippen molar-refractivity contribution in [3.63, 3.8) is 0 Å². The fourth-order valence-electron chi connectivity index (χ4n) is 3.08. The van der Waals surface area contributed by atoms with Crippen LogP contribution in [0.2, 0.25) is 0 Å². The Bertz CT molecular complexity index is 1180. The van der Waals surface area contributed by atoms with E-state index in [4.69, 9.17) is 14.2 Å². The summed E-state index contributed by atoms with van der Waals surface area (Å²) in [7, 11) is 1.60. The minimum absolute atomic E-state index is 0.000471. The summed E-state index contributed by atoms with van der Waals surface area (Å²) in [6, 6.07) is 22.5. The highest BCUT2D eigenvalue weighted by atomic mass is 79.9. The summed E-state index contributed by atoms with van der Waals surface area (Å²) in [5, 5.41) is 12.3. The molecule has 0 atom stereocenters. The molecule has 0 saturated carbocycles. The van der Waals surface area contributed by atoms with Crippen molar-refractivity contribution in [2.45, 2.75) is 20.1 Å². The van der Waals surface area contributed by atoms with E-state index in [-0.39, 0.29) is 5.57 Å². The summed E-state index contributed by atoms with van der Waals surface area (Å²) < 4.78 is 17.8. The number of rotatable bonds is 10. The van der Waals surface area contributed by atoms with Gasteiger partial charge in [-0.1, -0.05) is 46.3 Å². The van der Waals surface area contributed by atoms with E-state index in [0.717, 1.165) is 21.3 Å². The molecule has 1 amide bonds. The summed E-state index contributed by atoms with van der Waals surface area (Å²) in [5.74, 6) is 1.42. The number of carbonyl (C=O) groups excluding carboxylic acids is 1. The van der Waals surface area contributed by atoms with Crippen molar-refractivity contribution in [2.75, 3.05) is 13.7 Å².